The zero-order valence-corrected chi connectivity index (χ0v) is 17.1. The third-order valence-electron chi connectivity index (χ3n) is 5.77. The van der Waals surface area contributed by atoms with Gasteiger partial charge in [-0.05, 0) is 31.7 Å². The van der Waals surface area contributed by atoms with Crippen LogP contribution < -0.4 is 0 Å². The largest absolute Gasteiger partial charge is 0.368 e. The Labute approximate surface area is 173 Å². The highest BCUT2D eigenvalue weighted by atomic mass is 32.1. The van der Waals surface area contributed by atoms with Crippen LogP contribution in [-0.4, -0.2) is 45.5 Å². The molecule has 1 aromatic carbocycles. The third-order valence-corrected chi connectivity index (χ3v) is 6.55. The molecule has 0 unspecified atom stereocenters. The van der Waals surface area contributed by atoms with E-state index in [1.54, 1.807) is 0 Å². The number of aromatic nitrogens is 3. The molecule has 29 heavy (non-hydrogen) atoms. The molecule has 2 aliphatic heterocycles. The number of ether oxygens (including phenoxy) is 1. The quantitative estimate of drug-likeness (QED) is 0.650. The standard InChI is InChI=1S/C22H22N4O2S/c1-15-24-18(14-29-15)21(27)26-10-8-22(9-11-26)19-17(7-12-28-22)13-23-20(25-19)16-5-3-2-4-6-16/h2-6,13-14H,7-12H2,1H3. The number of carbonyl (C=O) groups is 1. The lowest BCUT2D eigenvalue weighted by atomic mass is 9.83. The SMILES string of the molecule is Cc1nc(C(=O)N2CCC3(CC2)OCCc2cnc(-c4ccccc4)nc23)cs1. The summed E-state index contributed by atoms with van der Waals surface area (Å²) in [6.45, 7) is 3.86. The van der Waals surface area contributed by atoms with Crippen molar-refractivity contribution in [3.05, 3.63) is 63.9 Å². The predicted molar refractivity (Wildman–Crippen MR) is 111 cm³/mol. The topological polar surface area (TPSA) is 68.2 Å². The van der Waals surface area contributed by atoms with Gasteiger partial charge in [0.05, 0.1) is 17.3 Å². The maximum absolute atomic E-state index is 12.8. The molecule has 4 heterocycles. The van der Waals surface area contributed by atoms with Crippen LogP contribution in [0.1, 0.15) is 39.6 Å². The first-order valence-corrected chi connectivity index (χ1v) is 10.8. The molecule has 3 aromatic rings. The Kier molecular flexibility index (Phi) is 4.64. The number of fused-ring (bicyclic) bond motifs is 2. The molecule has 1 fully saturated rings. The molecule has 0 atom stereocenters. The third kappa shape index (κ3) is 3.34. The summed E-state index contributed by atoms with van der Waals surface area (Å²) in [4.78, 5) is 28.5. The number of thiazole rings is 1. The molecule has 7 heteroatoms. The van der Waals surface area contributed by atoms with Gasteiger partial charge >= 0.3 is 0 Å². The fourth-order valence-corrected chi connectivity index (χ4v) is 4.80. The zero-order valence-electron chi connectivity index (χ0n) is 16.3. The Morgan fingerprint density at radius 2 is 1.97 bits per heavy atom. The Hall–Kier alpha value is -2.64. The number of piperidine rings is 1. The summed E-state index contributed by atoms with van der Waals surface area (Å²) < 4.78 is 6.32. The fraction of sp³-hybridized carbons (Fsp3) is 0.364. The lowest BCUT2D eigenvalue weighted by molar-refractivity contribution is -0.0967. The van der Waals surface area contributed by atoms with Crippen LogP contribution in [0.3, 0.4) is 0 Å². The van der Waals surface area contributed by atoms with Gasteiger partial charge in [0.25, 0.3) is 5.91 Å². The monoisotopic (exact) mass is 406 g/mol. The van der Waals surface area contributed by atoms with Gasteiger partial charge in [-0.25, -0.2) is 15.0 Å². The number of rotatable bonds is 2. The summed E-state index contributed by atoms with van der Waals surface area (Å²) in [5.41, 5.74) is 3.26. The van der Waals surface area contributed by atoms with E-state index in [9.17, 15) is 4.79 Å². The molecule has 0 aliphatic carbocycles. The van der Waals surface area contributed by atoms with E-state index in [0.717, 1.165) is 46.9 Å². The van der Waals surface area contributed by atoms with E-state index in [4.69, 9.17) is 9.72 Å². The van der Waals surface area contributed by atoms with Crippen LogP contribution in [0.5, 0.6) is 0 Å². The predicted octanol–water partition coefficient (Wildman–Crippen LogP) is 3.61. The molecule has 2 aliphatic rings. The van der Waals surface area contributed by atoms with Gasteiger partial charge in [-0.3, -0.25) is 4.79 Å². The number of amides is 1. The highest BCUT2D eigenvalue weighted by Gasteiger charge is 2.43. The summed E-state index contributed by atoms with van der Waals surface area (Å²) in [5.74, 6) is 0.735. The Bertz CT molecular complexity index is 1040. The van der Waals surface area contributed by atoms with Crippen LogP contribution in [0.2, 0.25) is 0 Å². The number of aryl methyl sites for hydroxylation is 1. The second kappa shape index (κ2) is 7.31. The molecule has 1 spiro atoms. The van der Waals surface area contributed by atoms with Crippen LogP contribution in [0.15, 0.2) is 41.9 Å². The highest BCUT2D eigenvalue weighted by Crippen LogP contribution is 2.41. The van der Waals surface area contributed by atoms with E-state index in [2.05, 4.69) is 9.97 Å². The van der Waals surface area contributed by atoms with Crippen molar-refractivity contribution in [3.8, 4) is 11.4 Å². The van der Waals surface area contributed by atoms with Crippen LogP contribution >= 0.6 is 11.3 Å². The minimum absolute atomic E-state index is 0.00731. The normalized spacial score (nSPS) is 17.9. The molecule has 0 bridgehead atoms. The van der Waals surface area contributed by atoms with E-state index in [1.807, 2.05) is 53.7 Å². The van der Waals surface area contributed by atoms with Crippen LogP contribution in [0.25, 0.3) is 11.4 Å². The molecule has 1 amide bonds. The summed E-state index contributed by atoms with van der Waals surface area (Å²) in [6.07, 6.45) is 4.25. The number of carbonyl (C=O) groups excluding carboxylic acids is 1. The smallest absolute Gasteiger partial charge is 0.273 e. The fourth-order valence-electron chi connectivity index (χ4n) is 4.21. The van der Waals surface area contributed by atoms with Gasteiger partial charge in [-0.2, -0.15) is 0 Å². The molecule has 2 aromatic heterocycles. The summed E-state index contributed by atoms with van der Waals surface area (Å²) in [5, 5.41) is 2.75. The van der Waals surface area contributed by atoms with Crippen molar-refractivity contribution in [1.29, 1.82) is 0 Å². The Morgan fingerprint density at radius 1 is 1.17 bits per heavy atom. The number of nitrogens with zero attached hydrogens (tertiary/aromatic N) is 4. The van der Waals surface area contributed by atoms with Crippen molar-refractivity contribution < 1.29 is 9.53 Å². The first-order chi connectivity index (χ1) is 14.1. The summed E-state index contributed by atoms with van der Waals surface area (Å²) in [6, 6.07) is 10.0. The average molecular weight is 407 g/mol. The lowest BCUT2D eigenvalue weighted by Crippen LogP contribution is -2.49. The first-order valence-electron chi connectivity index (χ1n) is 9.92. The van der Waals surface area contributed by atoms with E-state index in [0.29, 0.717) is 25.4 Å². The van der Waals surface area contributed by atoms with E-state index >= 15 is 0 Å². The number of hydrogen-bond donors (Lipinski definition) is 0. The van der Waals surface area contributed by atoms with Gasteiger partial charge in [0, 0.05) is 30.2 Å². The van der Waals surface area contributed by atoms with E-state index in [1.165, 1.54) is 11.3 Å². The first kappa shape index (κ1) is 18.4. The number of benzene rings is 1. The van der Waals surface area contributed by atoms with Gasteiger partial charge in [-0.15, -0.1) is 11.3 Å². The average Bonchev–Trinajstić information content (AvgIpc) is 3.21. The Morgan fingerprint density at radius 3 is 2.69 bits per heavy atom. The van der Waals surface area contributed by atoms with Crippen molar-refractivity contribution in [2.45, 2.75) is 31.8 Å². The van der Waals surface area contributed by atoms with Gasteiger partial charge in [0.2, 0.25) is 0 Å². The maximum atomic E-state index is 12.8. The maximum Gasteiger partial charge on any atom is 0.273 e. The molecule has 148 valence electrons. The van der Waals surface area contributed by atoms with Crippen molar-refractivity contribution >= 4 is 17.2 Å². The molecule has 0 N–H and O–H groups in total. The molecule has 0 radical (unpaired) electrons. The molecule has 1 saturated heterocycles. The lowest BCUT2D eigenvalue weighted by Gasteiger charge is -2.44. The molecular formula is C22H22N4O2S. The van der Waals surface area contributed by atoms with Crippen molar-refractivity contribution in [2.24, 2.45) is 0 Å². The van der Waals surface area contributed by atoms with E-state index in [-0.39, 0.29) is 5.91 Å². The van der Waals surface area contributed by atoms with Gasteiger partial charge in [0.1, 0.15) is 11.3 Å². The van der Waals surface area contributed by atoms with Crippen molar-refractivity contribution in [1.82, 2.24) is 19.9 Å². The Balaban J connectivity index is 1.41. The molecule has 6 nitrogen and oxygen atoms in total. The van der Waals surface area contributed by atoms with Crippen LogP contribution in [-0.2, 0) is 16.8 Å². The van der Waals surface area contributed by atoms with Gasteiger partial charge in [0.15, 0.2) is 5.82 Å². The minimum atomic E-state index is -0.436. The number of hydrogen-bond acceptors (Lipinski definition) is 6. The molecule has 5 rings (SSSR count). The van der Waals surface area contributed by atoms with Crippen LogP contribution in [0, 0.1) is 6.92 Å². The highest BCUT2D eigenvalue weighted by molar-refractivity contribution is 7.09. The zero-order chi connectivity index (χ0) is 19.8. The van der Waals surface area contributed by atoms with Gasteiger partial charge < -0.3 is 9.64 Å². The molecular weight excluding hydrogens is 384 g/mol. The second-order valence-corrected chi connectivity index (χ2v) is 8.63. The second-order valence-electron chi connectivity index (χ2n) is 7.57. The number of likely N-dealkylation sites (tertiary alicyclic amines) is 1. The minimum Gasteiger partial charge on any atom is -0.368 e. The van der Waals surface area contributed by atoms with E-state index < -0.39 is 5.60 Å². The summed E-state index contributed by atoms with van der Waals surface area (Å²) >= 11 is 1.51. The molecule has 0 saturated carbocycles. The van der Waals surface area contributed by atoms with Crippen molar-refractivity contribution in [3.63, 3.8) is 0 Å². The van der Waals surface area contributed by atoms with Crippen LogP contribution in [0.4, 0.5) is 0 Å². The van der Waals surface area contributed by atoms with Gasteiger partial charge in [-0.1, -0.05) is 30.3 Å². The van der Waals surface area contributed by atoms with Crippen molar-refractivity contribution in [2.75, 3.05) is 19.7 Å². The summed E-state index contributed by atoms with van der Waals surface area (Å²) in [7, 11) is 0.